The summed E-state index contributed by atoms with van der Waals surface area (Å²) in [5, 5.41) is 0. The van der Waals surface area contributed by atoms with Crippen molar-refractivity contribution < 1.29 is 27.4 Å². The van der Waals surface area contributed by atoms with Crippen molar-refractivity contribution >= 4 is 17.5 Å². The number of rotatable bonds is 5. The largest absolute Gasteiger partial charge is 0.493 e. The highest BCUT2D eigenvalue weighted by Crippen LogP contribution is 2.32. The van der Waals surface area contributed by atoms with Crippen LogP contribution >= 0.6 is 0 Å². The van der Waals surface area contributed by atoms with Crippen LogP contribution in [0.2, 0.25) is 0 Å². The predicted molar refractivity (Wildman–Crippen MR) is 88.8 cm³/mol. The number of benzene rings is 2. The minimum absolute atomic E-state index is 0.167. The van der Waals surface area contributed by atoms with Crippen LogP contribution < -0.4 is 15.2 Å². The van der Waals surface area contributed by atoms with E-state index in [0.717, 1.165) is 18.2 Å². The van der Waals surface area contributed by atoms with Crippen molar-refractivity contribution in [1.29, 1.82) is 0 Å². The standard InChI is InChI=1S/C18H16F3NO3/c1-24-16-9-13(14(22)10-17(16)25-2)15(23)7-6-11-4-3-5-12(8-11)18(19,20)21/h3-10H,22H2,1-2H3/b7-6+. The van der Waals surface area contributed by atoms with E-state index >= 15 is 0 Å². The second-order valence-electron chi connectivity index (χ2n) is 5.12. The number of hydrogen-bond donors (Lipinski definition) is 1. The van der Waals surface area contributed by atoms with Gasteiger partial charge in [-0.1, -0.05) is 18.2 Å². The van der Waals surface area contributed by atoms with E-state index in [2.05, 4.69) is 0 Å². The van der Waals surface area contributed by atoms with Gasteiger partial charge in [0.05, 0.1) is 19.8 Å². The molecule has 0 fully saturated rings. The van der Waals surface area contributed by atoms with Gasteiger partial charge in [0, 0.05) is 17.3 Å². The Kier molecular flexibility index (Phi) is 5.36. The lowest BCUT2D eigenvalue weighted by atomic mass is 10.1. The van der Waals surface area contributed by atoms with Gasteiger partial charge in [0.25, 0.3) is 0 Å². The quantitative estimate of drug-likeness (QED) is 0.498. The molecule has 0 amide bonds. The van der Waals surface area contributed by atoms with Crippen LogP contribution in [0.1, 0.15) is 21.5 Å². The van der Waals surface area contributed by atoms with Crippen molar-refractivity contribution in [3.05, 3.63) is 59.2 Å². The molecule has 2 aromatic carbocycles. The Hall–Kier alpha value is -2.96. The van der Waals surface area contributed by atoms with Crippen molar-refractivity contribution in [3.8, 4) is 11.5 Å². The maximum Gasteiger partial charge on any atom is 0.416 e. The maximum atomic E-state index is 12.7. The molecule has 0 saturated heterocycles. The van der Waals surface area contributed by atoms with E-state index in [4.69, 9.17) is 15.2 Å². The first-order valence-corrected chi connectivity index (χ1v) is 7.17. The Bertz CT molecular complexity index is 814. The summed E-state index contributed by atoms with van der Waals surface area (Å²) in [6.45, 7) is 0. The van der Waals surface area contributed by atoms with E-state index in [-0.39, 0.29) is 16.8 Å². The molecule has 0 aliphatic heterocycles. The molecule has 2 aromatic rings. The molecule has 0 aliphatic rings. The summed E-state index contributed by atoms with van der Waals surface area (Å²) < 4.78 is 48.3. The molecule has 0 saturated carbocycles. The number of halogens is 3. The van der Waals surface area contributed by atoms with Gasteiger partial charge in [-0.3, -0.25) is 4.79 Å². The van der Waals surface area contributed by atoms with Crippen LogP contribution in [0.3, 0.4) is 0 Å². The number of alkyl halides is 3. The molecule has 7 heteroatoms. The van der Waals surface area contributed by atoms with Crippen LogP contribution in [0.15, 0.2) is 42.5 Å². The minimum Gasteiger partial charge on any atom is -0.493 e. The Morgan fingerprint density at radius 2 is 1.72 bits per heavy atom. The van der Waals surface area contributed by atoms with E-state index in [1.54, 1.807) is 0 Å². The monoisotopic (exact) mass is 351 g/mol. The van der Waals surface area contributed by atoms with Gasteiger partial charge in [0.15, 0.2) is 17.3 Å². The van der Waals surface area contributed by atoms with Crippen LogP contribution in [-0.2, 0) is 6.18 Å². The number of anilines is 1. The normalized spacial score (nSPS) is 11.6. The number of ether oxygens (including phenoxy) is 2. The molecule has 0 bridgehead atoms. The maximum absolute atomic E-state index is 12.7. The molecule has 2 rings (SSSR count). The Balaban J connectivity index is 2.29. The molecule has 0 aromatic heterocycles. The topological polar surface area (TPSA) is 61.5 Å². The van der Waals surface area contributed by atoms with Gasteiger partial charge in [-0.15, -0.1) is 0 Å². The summed E-state index contributed by atoms with van der Waals surface area (Å²) in [5.74, 6) is 0.238. The number of carbonyl (C=O) groups is 1. The number of nitrogens with two attached hydrogens (primary N) is 1. The van der Waals surface area contributed by atoms with Crippen LogP contribution in [0.5, 0.6) is 11.5 Å². The van der Waals surface area contributed by atoms with E-state index in [9.17, 15) is 18.0 Å². The van der Waals surface area contributed by atoms with Gasteiger partial charge < -0.3 is 15.2 Å². The molecule has 2 N–H and O–H groups in total. The SMILES string of the molecule is COc1cc(N)c(C(=O)/C=C/c2cccc(C(F)(F)F)c2)cc1OC. The molecule has 0 spiro atoms. The predicted octanol–water partition coefficient (Wildman–Crippen LogP) is 4.20. The highest BCUT2D eigenvalue weighted by molar-refractivity contribution is 6.10. The third-order valence-electron chi connectivity index (χ3n) is 3.46. The van der Waals surface area contributed by atoms with Crippen LogP contribution in [0.4, 0.5) is 18.9 Å². The zero-order chi connectivity index (χ0) is 18.6. The first-order valence-electron chi connectivity index (χ1n) is 7.17. The summed E-state index contributed by atoms with van der Waals surface area (Å²) in [6, 6.07) is 7.54. The highest BCUT2D eigenvalue weighted by atomic mass is 19.4. The average molecular weight is 351 g/mol. The van der Waals surface area contributed by atoms with E-state index in [1.165, 1.54) is 44.6 Å². The Morgan fingerprint density at radius 1 is 1.08 bits per heavy atom. The van der Waals surface area contributed by atoms with Crippen LogP contribution in [0.25, 0.3) is 6.08 Å². The van der Waals surface area contributed by atoms with E-state index < -0.39 is 17.5 Å². The van der Waals surface area contributed by atoms with Crippen molar-refractivity contribution in [2.45, 2.75) is 6.18 Å². The number of methoxy groups -OCH3 is 2. The second kappa shape index (κ2) is 7.29. The number of ketones is 1. The van der Waals surface area contributed by atoms with E-state index in [0.29, 0.717) is 11.5 Å². The number of allylic oxidation sites excluding steroid dienone is 1. The second-order valence-corrected chi connectivity index (χ2v) is 5.12. The molecular formula is C18H16F3NO3. The summed E-state index contributed by atoms with van der Waals surface area (Å²) >= 11 is 0. The fourth-order valence-electron chi connectivity index (χ4n) is 2.19. The zero-order valence-electron chi connectivity index (χ0n) is 13.6. The lowest BCUT2D eigenvalue weighted by Crippen LogP contribution is -2.04. The zero-order valence-corrected chi connectivity index (χ0v) is 13.6. The molecule has 0 unspecified atom stereocenters. The van der Waals surface area contributed by atoms with E-state index in [1.807, 2.05) is 0 Å². The number of nitrogen functional groups attached to an aromatic ring is 1. The Morgan fingerprint density at radius 3 is 2.32 bits per heavy atom. The summed E-state index contributed by atoms with van der Waals surface area (Å²) in [7, 11) is 2.85. The first kappa shape index (κ1) is 18.4. The van der Waals surface area contributed by atoms with Crippen LogP contribution in [-0.4, -0.2) is 20.0 Å². The van der Waals surface area contributed by atoms with Crippen molar-refractivity contribution in [3.63, 3.8) is 0 Å². The highest BCUT2D eigenvalue weighted by Gasteiger charge is 2.30. The Labute approximate surface area is 142 Å². The molecule has 132 valence electrons. The third-order valence-corrected chi connectivity index (χ3v) is 3.46. The summed E-state index contributed by atoms with van der Waals surface area (Å²) in [5.41, 5.74) is 5.64. The molecule has 0 radical (unpaired) electrons. The minimum atomic E-state index is -4.44. The number of carbonyl (C=O) groups excluding carboxylic acids is 1. The van der Waals surface area contributed by atoms with Gasteiger partial charge in [-0.05, 0) is 29.8 Å². The van der Waals surface area contributed by atoms with Gasteiger partial charge in [0.2, 0.25) is 0 Å². The molecule has 25 heavy (non-hydrogen) atoms. The molecule has 0 atom stereocenters. The van der Waals surface area contributed by atoms with Gasteiger partial charge in [0.1, 0.15) is 0 Å². The fourth-order valence-corrected chi connectivity index (χ4v) is 2.19. The summed E-state index contributed by atoms with van der Waals surface area (Å²) in [6.07, 6.45) is -1.98. The smallest absolute Gasteiger partial charge is 0.416 e. The summed E-state index contributed by atoms with van der Waals surface area (Å²) in [4.78, 5) is 12.3. The number of hydrogen-bond acceptors (Lipinski definition) is 4. The molecule has 0 heterocycles. The lowest BCUT2D eigenvalue weighted by molar-refractivity contribution is -0.137. The van der Waals surface area contributed by atoms with Crippen molar-refractivity contribution in [2.75, 3.05) is 20.0 Å². The first-order chi connectivity index (χ1) is 11.8. The molecule has 4 nitrogen and oxygen atoms in total. The van der Waals surface area contributed by atoms with Gasteiger partial charge in [-0.2, -0.15) is 13.2 Å². The van der Waals surface area contributed by atoms with Crippen molar-refractivity contribution in [1.82, 2.24) is 0 Å². The molecular weight excluding hydrogens is 335 g/mol. The van der Waals surface area contributed by atoms with Crippen molar-refractivity contribution in [2.24, 2.45) is 0 Å². The average Bonchev–Trinajstić information content (AvgIpc) is 2.58. The van der Waals surface area contributed by atoms with Crippen LogP contribution in [0, 0.1) is 0 Å². The molecule has 0 aliphatic carbocycles. The third kappa shape index (κ3) is 4.32. The van der Waals surface area contributed by atoms with Gasteiger partial charge in [-0.25, -0.2) is 0 Å². The lowest BCUT2D eigenvalue weighted by Gasteiger charge is -2.11. The van der Waals surface area contributed by atoms with Gasteiger partial charge >= 0.3 is 6.18 Å². The fraction of sp³-hybridized carbons (Fsp3) is 0.167.